The van der Waals surface area contributed by atoms with Gasteiger partial charge in [-0.3, -0.25) is 9.69 Å². The number of fused-ring (bicyclic) bond motifs is 3. The molecule has 0 bridgehead atoms. The van der Waals surface area contributed by atoms with Crippen molar-refractivity contribution in [1.29, 1.82) is 0 Å². The average molecular weight is 377 g/mol. The first-order valence-corrected chi connectivity index (χ1v) is 9.01. The maximum Gasteiger partial charge on any atom is 0.374 e. The predicted octanol–water partition coefficient (Wildman–Crippen LogP) is 3.30. The van der Waals surface area contributed by atoms with Crippen molar-refractivity contribution in [3.05, 3.63) is 65.5 Å². The molecule has 0 spiro atoms. The molecule has 142 valence electrons. The normalized spacial score (nSPS) is 12.7. The number of benzene rings is 1. The number of aromatic nitrogens is 1. The number of rotatable bonds is 3. The third kappa shape index (κ3) is 3.11. The minimum absolute atomic E-state index is 0.153. The summed E-state index contributed by atoms with van der Waals surface area (Å²) in [5.41, 5.74) is 8.34. The Labute approximate surface area is 161 Å². The van der Waals surface area contributed by atoms with E-state index < -0.39 is 5.97 Å². The molecule has 0 fully saturated rings. The van der Waals surface area contributed by atoms with E-state index in [9.17, 15) is 9.59 Å². The highest BCUT2D eigenvalue weighted by atomic mass is 16.5. The summed E-state index contributed by atoms with van der Waals surface area (Å²) >= 11 is 0. The molecule has 0 unspecified atom stereocenters. The number of hydrogen-bond acceptors (Lipinski definition) is 6. The first-order valence-electron chi connectivity index (χ1n) is 9.01. The first-order chi connectivity index (χ1) is 13.6. The number of carbonyl (C=O) groups excluding carboxylic acids is 2. The lowest BCUT2D eigenvalue weighted by molar-refractivity contribution is 0.0491. The Kier molecular flexibility index (Phi) is 4.57. The number of hydrogen-bond donors (Lipinski definition) is 1. The molecule has 4 rings (SSSR count). The van der Waals surface area contributed by atoms with Crippen LogP contribution in [0.25, 0.3) is 11.3 Å². The Morgan fingerprint density at radius 2 is 2.04 bits per heavy atom. The summed E-state index contributed by atoms with van der Waals surface area (Å²) in [6.07, 6.45) is 2.15. The fourth-order valence-corrected chi connectivity index (χ4v) is 3.25. The zero-order valence-electron chi connectivity index (χ0n) is 15.3. The second-order valence-electron chi connectivity index (χ2n) is 6.39. The van der Waals surface area contributed by atoms with Gasteiger partial charge in [-0.25, -0.2) is 9.78 Å². The lowest BCUT2D eigenvalue weighted by Gasteiger charge is -2.21. The molecule has 28 heavy (non-hydrogen) atoms. The summed E-state index contributed by atoms with van der Waals surface area (Å²) in [6, 6.07) is 12.1. The van der Waals surface area contributed by atoms with Crippen molar-refractivity contribution in [2.24, 2.45) is 0 Å². The highest BCUT2D eigenvalue weighted by Crippen LogP contribution is 2.37. The Morgan fingerprint density at radius 3 is 2.79 bits per heavy atom. The van der Waals surface area contributed by atoms with Crippen LogP contribution >= 0.6 is 0 Å². The maximum absolute atomic E-state index is 13.1. The van der Waals surface area contributed by atoms with Crippen LogP contribution in [0, 0.1) is 0 Å². The van der Waals surface area contributed by atoms with E-state index in [2.05, 4.69) is 4.98 Å². The van der Waals surface area contributed by atoms with E-state index in [-0.39, 0.29) is 18.3 Å². The maximum atomic E-state index is 13.1. The van der Waals surface area contributed by atoms with Crippen LogP contribution in [-0.2, 0) is 11.2 Å². The highest BCUT2D eigenvalue weighted by molar-refractivity contribution is 6.07. The van der Waals surface area contributed by atoms with E-state index in [1.54, 1.807) is 54.4 Å². The molecule has 0 aliphatic carbocycles. The molecule has 1 aliphatic heterocycles. The van der Waals surface area contributed by atoms with Gasteiger partial charge < -0.3 is 14.9 Å². The van der Waals surface area contributed by atoms with Crippen LogP contribution in [-0.4, -0.2) is 30.0 Å². The number of nitrogen functional groups attached to an aromatic ring is 1. The number of carbonyl (C=O) groups is 2. The summed E-state index contributed by atoms with van der Waals surface area (Å²) in [4.78, 5) is 31.2. The van der Waals surface area contributed by atoms with Crippen LogP contribution in [0.15, 0.2) is 53.1 Å². The standard InChI is InChI=1S/C21H19N3O4/c1-2-27-21(26)17-12-14-9-11-24(20(25)13-5-7-15(22)8-6-13)19-16(18(14)28-17)4-3-10-23-19/h3-8,10,12H,2,9,11,22H2,1H3. The number of nitrogens with zero attached hydrogens (tertiary/aromatic N) is 2. The molecule has 3 heterocycles. The molecule has 0 saturated heterocycles. The van der Waals surface area contributed by atoms with Gasteiger partial charge in [0.25, 0.3) is 5.91 Å². The number of ether oxygens (including phenoxy) is 1. The SMILES string of the molecule is CCOC(=O)c1cc2c(o1)-c1cccnc1N(C(=O)c1ccc(N)cc1)CC2. The van der Waals surface area contributed by atoms with E-state index in [0.29, 0.717) is 41.4 Å². The van der Waals surface area contributed by atoms with E-state index >= 15 is 0 Å². The zero-order valence-corrected chi connectivity index (χ0v) is 15.3. The lowest BCUT2D eigenvalue weighted by Crippen LogP contribution is -2.33. The molecule has 7 heteroatoms. The molecule has 2 N–H and O–H groups in total. The van der Waals surface area contributed by atoms with E-state index in [0.717, 1.165) is 5.56 Å². The van der Waals surface area contributed by atoms with Crippen LogP contribution < -0.4 is 10.6 Å². The van der Waals surface area contributed by atoms with Gasteiger partial charge in [0.05, 0.1) is 12.2 Å². The van der Waals surface area contributed by atoms with Gasteiger partial charge in [-0.1, -0.05) is 0 Å². The highest BCUT2D eigenvalue weighted by Gasteiger charge is 2.29. The predicted molar refractivity (Wildman–Crippen MR) is 104 cm³/mol. The smallest absolute Gasteiger partial charge is 0.374 e. The van der Waals surface area contributed by atoms with Crippen LogP contribution in [0.3, 0.4) is 0 Å². The van der Waals surface area contributed by atoms with Gasteiger partial charge in [0.2, 0.25) is 5.76 Å². The summed E-state index contributed by atoms with van der Waals surface area (Å²) < 4.78 is 10.8. The number of anilines is 2. The van der Waals surface area contributed by atoms with Gasteiger partial charge >= 0.3 is 5.97 Å². The van der Waals surface area contributed by atoms with Crippen molar-refractivity contribution in [3.8, 4) is 11.3 Å². The summed E-state index contributed by atoms with van der Waals surface area (Å²) in [5, 5.41) is 0. The van der Waals surface area contributed by atoms with Gasteiger partial charge in [0, 0.05) is 29.6 Å². The molecule has 7 nitrogen and oxygen atoms in total. The Balaban J connectivity index is 1.75. The molecule has 2 aromatic heterocycles. The van der Waals surface area contributed by atoms with Gasteiger partial charge in [0.1, 0.15) is 11.6 Å². The summed E-state index contributed by atoms with van der Waals surface area (Å²) in [5.74, 6) is 0.512. The van der Waals surface area contributed by atoms with Gasteiger partial charge in [-0.15, -0.1) is 0 Å². The molecular weight excluding hydrogens is 358 g/mol. The Hall–Kier alpha value is -3.61. The van der Waals surface area contributed by atoms with Gasteiger partial charge in [-0.05, 0) is 55.8 Å². The lowest BCUT2D eigenvalue weighted by atomic mass is 10.1. The Bertz CT molecular complexity index is 1040. The second kappa shape index (κ2) is 7.19. The largest absolute Gasteiger partial charge is 0.460 e. The fourth-order valence-electron chi connectivity index (χ4n) is 3.25. The van der Waals surface area contributed by atoms with Gasteiger partial charge in [-0.2, -0.15) is 0 Å². The Morgan fingerprint density at radius 1 is 1.25 bits per heavy atom. The van der Waals surface area contributed by atoms with E-state index in [4.69, 9.17) is 14.9 Å². The summed E-state index contributed by atoms with van der Waals surface area (Å²) in [7, 11) is 0. The molecule has 0 saturated carbocycles. The van der Waals surface area contributed by atoms with Crippen LogP contribution in [0.4, 0.5) is 11.5 Å². The number of furan rings is 1. The van der Waals surface area contributed by atoms with E-state index in [1.807, 2.05) is 6.07 Å². The topological polar surface area (TPSA) is 98.7 Å². The van der Waals surface area contributed by atoms with Crippen molar-refractivity contribution in [3.63, 3.8) is 0 Å². The molecule has 1 aliphatic rings. The van der Waals surface area contributed by atoms with Crippen molar-refractivity contribution in [1.82, 2.24) is 4.98 Å². The quantitative estimate of drug-likeness (QED) is 0.555. The average Bonchev–Trinajstić information content (AvgIpc) is 3.07. The third-order valence-electron chi connectivity index (χ3n) is 4.58. The van der Waals surface area contributed by atoms with Crippen molar-refractivity contribution >= 4 is 23.4 Å². The summed E-state index contributed by atoms with van der Waals surface area (Å²) in [6.45, 7) is 2.42. The van der Waals surface area contributed by atoms with Crippen molar-refractivity contribution < 1.29 is 18.7 Å². The third-order valence-corrected chi connectivity index (χ3v) is 4.58. The molecular formula is C21H19N3O4. The minimum atomic E-state index is -0.504. The molecule has 1 aromatic carbocycles. The van der Waals surface area contributed by atoms with Gasteiger partial charge in [0.15, 0.2) is 0 Å². The van der Waals surface area contributed by atoms with Crippen molar-refractivity contribution in [2.45, 2.75) is 13.3 Å². The molecule has 0 radical (unpaired) electrons. The molecule has 0 atom stereocenters. The van der Waals surface area contributed by atoms with Crippen LogP contribution in [0.2, 0.25) is 0 Å². The second-order valence-corrected chi connectivity index (χ2v) is 6.39. The monoisotopic (exact) mass is 377 g/mol. The van der Waals surface area contributed by atoms with Crippen LogP contribution in [0.1, 0.15) is 33.4 Å². The molecule has 3 aromatic rings. The fraction of sp³-hybridized carbons (Fsp3) is 0.190. The minimum Gasteiger partial charge on any atom is -0.460 e. The number of amides is 1. The first kappa shape index (κ1) is 17.8. The van der Waals surface area contributed by atoms with E-state index in [1.165, 1.54) is 0 Å². The van der Waals surface area contributed by atoms with Crippen LogP contribution in [0.5, 0.6) is 0 Å². The molecule has 1 amide bonds. The van der Waals surface area contributed by atoms with Crippen molar-refractivity contribution in [2.75, 3.05) is 23.8 Å². The zero-order chi connectivity index (χ0) is 19.7. The number of nitrogens with two attached hydrogens (primary N) is 1. The number of esters is 1. The number of pyridine rings is 1.